The first kappa shape index (κ1) is 21.0. The molecular formula is C20H19F3N6O. The number of pyridine rings is 1. The van der Waals surface area contributed by atoms with E-state index in [1.54, 1.807) is 32.3 Å². The van der Waals surface area contributed by atoms with Gasteiger partial charge in [-0.25, -0.2) is 14.6 Å². The lowest BCUT2D eigenvalue weighted by atomic mass is 10.1. The number of hydrogen-bond acceptors (Lipinski definition) is 5. The first-order valence-corrected chi connectivity index (χ1v) is 8.87. The minimum absolute atomic E-state index is 0.121. The van der Waals surface area contributed by atoms with Crippen molar-refractivity contribution >= 4 is 17.9 Å². The van der Waals surface area contributed by atoms with Crippen molar-refractivity contribution in [3.05, 3.63) is 65.6 Å². The van der Waals surface area contributed by atoms with Gasteiger partial charge in [-0.1, -0.05) is 6.07 Å². The number of rotatable bonds is 5. The van der Waals surface area contributed by atoms with Crippen molar-refractivity contribution in [1.29, 1.82) is 0 Å². The first-order valence-electron chi connectivity index (χ1n) is 8.87. The minimum Gasteiger partial charge on any atom is -0.271 e. The highest BCUT2D eigenvalue weighted by Crippen LogP contribution is 2.32. The molecule has 0 saturated carbocycles. The van der Waals surface area contributed by atoms with Crippen molar-refractivity contribution in [2.45, 2.75) is 20.0 Å². The lowest BCUT2D eigenvalue weighted by Crippen LogP contribution is -2.38. The highest BCUT2D eigenvalue weighted by molar-refractivity contribution is 5.90. The zero-order chi connectivity index (χ0) is 21.9. The third-order valence-corrected chi connectivity index (χ3v) is 4.07. The Bertz CT molecular complexity index is 1070. The number of benzene rings is 1. The van der Waals surface area contributed by atoms with Gasteiger partial charge in [-0.15, -0.1) is 5.10 Å². The van der Waals surface area contributed by atoms with Gasteiger partial charge in [0, 0.05) is 31.1 Å². The predicted molar refractivity (Wildman–Crippen MR) is 106 cm³/mol. The molecule has 0 atom stereocenters. The number of carbonyl (C=O) groups excluding carboxylic acids is 1. The van der Waals surface area contributed by atoms with Gasteiger partial charge >= 0.3 is 6.18 Å². The van der Waals surface area contributed by atoms with Gasteiger partial charge < -0.3 is 0 Å². The molecule has 0 aliphatic rings. The largest absolute Gasteiger partial charge is 0.416 e. The Morgan fingerprint density at radius 3 is 2.57 bits per heavy atom. The molecule has 1 amide bonds. The van der Waals surface area contributed by atoms with E-state index >= 15 is 0 Å². The molecule has 0 aliphatic heterocycles. The van der Waals surface area contributed by atoms with Crippen molar-refractivity contribution in [1.82, 2.24) is 25.2 Å². The number of amides is 1. The fourth-order valence-corrected chi connectivity index (χ4v) is 2.62. The predicted octanol–water partition coefficient (Wildman–Crippen LogP) is 3.61. The molecular weight excluding hydrogens is 397 g/mol. The smallest absolute Gasteiger partial charge is 0.271 e. The molecule has 0 aliphatic carbocycles. The van der Waals surface area contributed by atoms with Crippen LogP contribution >= 0.6 is 0 Å². The molecule has 0 spiro atoms. The number of nitrogens with zero attached hydrogens (tertiary/aromatic N) is 5. The maximum Gasteiger partial charge on any atom is 0.416 e. The fraction of sp³-hybridized carbons (Fsp3) is 0.200. The second-order valence-electron chi connectivity index (χ2n) is 6.68. The molecule has 7 nitrogen and oxygen atoms in total. The standard InChI is InChI=1S/C20H19F3N6O/c1-13-4-5-17(24-11-13)28(3)26-18(30)6-7-29-12-25-19(27-29)15-8-14(2)9-16(10-15)20(21,22)23/h4-12H,1-3H3,(H,26,30)/b7-6-. The topological polar surface area (TPSA) is 75.9 Å². The Hall–Kier alpha value is -3.69. The summed E-state index contributed by atoms with van der Waals surface area (Å²) in [6, 6.07) is 7.25. The maximum atomic E-state index is 13.0. The minimum atomic E-state index is -4.46. The highest BCUT2D eigenvalue weighted by atomic mass is 19.4. The normalized spacial score (nSPS) is 11.7. The Balaban J connectivity index is 1.69. The van der Waals surface area contributed by atoms with E-state index in [4.69, 9.17) is 0 Å². The average Bonchev–Trinajstić information content (AvgIpc) is 3.15. The molecule has 0 bridgehead atoms. The van der Waals surface area contributed by atoms with E-state index in [0.717, 1.165) is 17.7 Å². The lowest BCUT2D eigenvalue weighted by Gasteiger charge is -2.17. The van der Waals surface area contributed by atoms with Crippen LogP contribution in [0, 0.1) is 13.8 Å². The summed E-state index contributed by atoms with van der Waals surface area (Å²) in [5, 5.41) is 5.57. The van der Waals surface area contributed by atoms with Crippen LogP contribution in [-0.4, -0.2) is 32.7 Å². The number of anilines is 1. The summed E-state index contributed by atoms with van der Waals surface area (Å²) in [5.41, 5.74) is 3.53. The van der Waals surface area contributed by atoms with Crippen molar-refractivity contribution in [3.8, 4) is 11.4 Å². The number of nitrogens with one attached hydrogen (secondary N) is 1. The van der Waals surface area contributed by atoms with Crippen molar-refractivity contribution in [3.63, 3.8) is 0 Å². The quantitative estimate of drug-likeness (QED) is 0.508. The number of alkyl halides is 3. The van der Waals surface area contributed by atoms with Gasteiger partial charge in [-0.05, 0) is 49.2 Å². The molecule has 2 heterocycles. The molecule has 1 N–H and O–H groups in total. The number of aryl methyl sites for hydroxylation is 2. The van der Waals surface area contributed by atoms with Crippen molar-refractivity contribution in [2.24, 2.45) is 0 Å². The average molecular weight is 416 g/mol. The summed E-state index contributed by atoms with van der Waals surface area (Å²) in [5.74, 6) is 0.243. The molecule has 10 heteroatoms. The number of halogens is 3. The fourth-order valence-electron chi connectivity index (χ4n) is 2.62. The van der Waals surface area contributed by atoms with Gasteiger partial charge in [-0.3, -0.25) is 15.2 Å². The molecule has 0 fully saturated rings. The third kappa shape index (κ3) is 5.22. The molecule has 0 saturated heterocycles. The van der Waals surface area contributed by atoms with Crippen molar-refractivity contribution in [2.75, 3.05) is 12.1 Å². The van der Waals surface area contributed by atoms with E-state index in [-0.39, 0.29) is 11.4 Å². The van der Waals surface area contributed by atoms with Crippen LogP contribution in [0.1, 0.15) is 16.7 Å². The van der Waals surface area contributed by atoms with Gasteiger partial charge in [0.1, 0.15) is 12.1 Å². The zero-order valence-corrected chi connectivity index (χ0v) is 16.5. The summed E-state index contributed by atoms with van der Waals surface area (Å²) in [4.78, 5) is 20.3. The summed E-state index contributed by atoms with van der Waals surface area (Å²) in [6.07, 6.45) is 1.10. The van der Waals surface area contributed by atoms with E-state index in [0.29, 0.717) is 11.4 Å². The number of hydrogen-bond donors (Lipinski definition) is 1. The summed E-state index contributed by atoms with van der Waals surface area (Å²) >= 11 is 0. The Labute approximate surface area is 170 Å². The van der Waals surface area contributed by atoms with E-state index < -0.39 is 17.6 Å². The monoisotopic (exact) mass is 416 g/mol. The van der Waals surface area contributed by atoms with Crippen molar-refractivity contribution < 1.29 is 18.0 Å². The second-order valence-corrected chi connectivity index (χ2v) is 6.68. The van der Waals surface area contributed by atoms with E-state index in [1.165, 1.54) is 28.3 Å². The van der Waals surface area contributed by atoms with Crippen LogP contribution in [0.3, 0.4) is 0 Å². The van der Waals surface area contributed by atoms with Gasteiger partial charge in [0.05, 0.1) is 5.56 Å². The number of hydrazine groups is 1. The van der Waals surface area contributed by atoms with Gasteiger partial charge in [0.2, 0.25) is 0 Å². The third-order valence-electron chi connectivity index (χ3n) is 4.07. The van der Waals surface area contributed by atoms with E-state index in [2.05, 4.69) is 20.5 Å². The van der Waals surface area contributed by atoms with Crippen LogP contribution in [0.5, 0.6) is 0 Å². The molecule has 30 heavy (non-hydrogen) atoms. The molecule has 3 aromatic rings. The van der Waals surface area contributed by atoms with Crippen LogP contribution in [0.25, 0.3) is 17.6 Å². The Kier molecular flexibility index (Phi) is 5.86. The highest BCUT2D eigenvalue weighted by Gasteiger charge is 2.31. The van der Waals surface area contributed by atoms with E-state index in [1.807, 2.05) is 13.0 Å². The van der Waals surface area contributed by atoms with Crippen LogP contribution in [-0.2, 0) is 11.0 Å². The molecule has 1 aromatic carbocycles. The summed E-state index contributed by atoms with van der Waals surface area (Å²) < 4.78 is 40.3. The van der Waals surface area contributed by atoms with Crippen LogP contribution in [0.4, 0.5) is 19.0 Å². The van der Waals surface area contributed by atoms with Gasteiger partial charge in [0.15, 0.2) is 5.82 Å². The van der Waals surface area contributed by atoms with E-state index in [9.17, 15) is 18.0 Å². The molecule has 0 radical (unpaired) electrons. The zero-order valence-electron chi connectivity index (χ0n) is 16.5. The molecule has 3 rings (SSSR count). The number of carbonyl (C=O) groups is 1. The molecule has 2 aromatic heterocycles. The van der Waals surface area contributed by atoms with Gasteiger partial charge in [0.25, 0.3) is 5.91 Å². The molecule has 0 unspecified atom stereocenters. The number of aromatic nitrogens is 4. The second kappa shape index (κ2) is 8.36. The Morgan fingerprint density at radius 2 is 1.90 bits per heavy atom. The lowest BCUT2D eigenvalue weighted by molar-refractivity contribution is -0.137. The molecule has 156 valence electrons. The van der Waals surface area contributed by atoms with Gasteiger partial charge in [-0.2, -0.15) is 13.2 Å². The van der Waals surface area contributed by atoms with Crippen LogP contribution in [0.15, 0.2) is 48.9 Å². The van der Waals surface area contributed by atoms with Crippen LogP contribution in [0.2, 0.25) is 0 Å². The first-order chi connectivity index (χ1) is 14.1. The summed E-state index contributed by atoms with van der Waals surface area (Å²) in [6.45, 7) is 3.48. The SMILES string of the molecule is Cc1ccc(N(C)NC(=O)/C=C\n2cnc(-c3cc(C)cc(C(F)(F)F)c3)n2)nc1. The summed E-state index contributed by atoms with van der Waals surface area (Å²) in [7, 11) is 1.65. The van der Waals surface area contributed by atoms with Crippen LogP contribution < -0.4 is 10.4 Å². The maximum absolute atomic E-state index is 13.0. The Morgan fingerprint density at radius 1 is 1.13 bits per heavy atom.